The number of nitrogens with one attached hydrogen (secondary N) is 1. The third-order valence-corrected chi connectivity index (χ3v) is 6.41. The molecule has 1 atom stereocenters. The number of thiazole rings is 1. The van der Waals surface area contributed by atoms with Crippen LogP contribution in [-0.2, 0) is 11.2 Å². The summed E-state index contributed by atoms with van der Waals surface area (Å²) in [5, 5.41) is 4.09. The van der Waals surface area contributed by atoms with E-state index in [0.29, 0.717) is 31.0 Å². The number of carbonyl (C=O) groups is 1. The highest BCUT2D eigenvalue weighted by molar-refractivity contribution is 7.18. The molecule has 1 aromatic heterocycles. The van der Waals surface area contributed by atoms with Gasteiger partial charge in [-0.05, 0) is 49.6 Å². The van der Waals surface area contributed by atoms with Crippen molar-refractivity contribution in [2.45, 2.75) is 25.2 Å². The van der Waals surface area contributed by atoms with Gasteiger partial charge in [0.1, 0.15) is 5.82 Å². The maximum atomic E-state index is 13.6. The Hall–Kier alpha value is -2.31. The van der Waals surface area contributed by atoms with Gasteiger partial charge in [0.25, 0.3) is 0 Å². The number of rotatable bonds is 6. The number of carbonyl (C=O) groups excluding carboxylic acids is 1. The summed E-state index contributed by atoms with van der Waals surface area (Å²) >= 11 is 1.76. The minimum Gasteiger partial charge on any atom is -0.355 e. The third kappa shape index (κ3) is 4.56. The predicted molar refractivity (Wildman–Crippen MR) is 111 cm³/mol. The number of likely N-dealkylation sites (tertiary alicyclic amines) is 1. The molecule has 0 aliphatic carbocycles. The highest BCUT2D eigenvalue weighted by Crippen LogP contribution is 2.32. The molecule has 1 aliphatic rings. The van der Waals surface area contributed by atoms with E-state index in [1.165, 1.54) is 15.8 Å². The van der Waals surface area contributed by atoms with Crippen LogP contribution in [0.4, 0.5) is 4.39 Å². The smallest absolute Gasteiger partial charge is 0.234 e. The molecule has 0 unspecified atom stereocenters. The molecule has 4 nitrogen and oxygen atoms in total. The molecule has 3 aromatic rings. The van der Waals surface area contributed by atoms with E-state index in [0.717, 1.165) is 31.4 Å². The lowest BCUT2D eigenvalue weighted by Crippen LogP contribution is -2.42. The summed E-state index contributed by atoms with van der Waals surface area (Å²) < 4.78 is 14.9. The summed E-state index contributed by atoms with van der Waals surface area (Å²) in [7, 11) is 0. The molecule has 0 saturated carbocycles. The number of hydrogen-bond acceptors (Lipinski definition) is 4. The molecule has 6 heteroatoms. The van der Waals surface area contributed by atoms with Crippen LogP contribution in [0.2, 0.25) is 0 Å². The summed E-state index contributed by atoms with van der Waals surface area (Å²) in [5.74, 6) is 0.171. The van der Waals surface area contributed by atoms with Crippen LogP contribution in [0.25, 0.3) is 10.2 Å². The Morgan fingerprint density at radius 1 is 1.21 bits per heavy atom. The van der Waals surface area contributed by atoms with Gasteiger partial charge in [-0.25, -0.2) is 9.37 Å². The zero-order valence-corrected chi connectivity index (χ0v) is 16.6. The standard InChI is InChI=1S/C22H24FN3OS/c23-18-8-2-1-6-16(18)11-12-24-21(27)15-26-13-5-7-17(14-26)22-25-19-9-3-4-10-20(19)28-22/h1-4,6,8-10,17H,5,7,11-15H2,(H,24,27)/t17-/m1/s1. The Kier molecular flexibility index (Phi) is 5.98. The van der Waals surface area contributed by atoms with Crippen molar-refractivity contribution in [2.75, 3.05) is 26.2 Å². The van der Waals surface area contributed by atoms with Gasteiger partial charge in [0.05, 0.1) is 21.8 Å². The molecule has 28 heavy (non-hydrogen) atoms. The topological polar surface area (TPSA) is 45.2 Å². The van der Waals surface area contributed by atoms with Crippen molar-refractivity contribution in [1.29, 1.82) is 0 Å². The molecule has 1 saturated heterocycles. The van der Waals surface area contributed by atoms with Crippen LogP contribution in [-0.4, -0.2) is 42.0 Å². The van der Waals surface area contributed by atoms with Gasteiger partial charge in [0.2, 0.25) is 5.91 Å². The first kappa shape index (κ1) is 19.0. The van der Waals surface area contributed by atoms with Crippen LogP contribution in [0.3, 0.4) is 0 Å². The fraction of sp³-hybridized carbons (Fsp3) is 0.364. The Morgan fingerprint density at radius 3 is 2.89 bits per heavy atom. The maximum Gasteiger partial charge on any atom is 0.234 e. The molecule has 146 valence electrons. The van der Waals surface area contributed by atoms with Gasteiger partial charge in [0, 0.05) is 19.0 Å². The average Bonchev–Trinajstić information content (AvgIpc) is 3.14. The third-order valence-electron chi connectivity index (χ3n) is 5.21. The van der Waals surface area contributed by atoms with Gasteiger partial charge >= 0.3 is 0 Å². The Morgan fingerprint density at radius 2 is 2.04 bits per heavy atom. The number of fused-ring (bicyclic) bond motifs is 1. The van der Waals surface area contributed by atoms with Crippen molar-refractivity contribution in [3.63, 3.8) is 0 Å². The van der Waals surface area contributed by atoms with E-state index in [1.54, 1.807) is 23.5 Å². The minimum atomic E-state index is -0.216. The van der Waals surface area contributed by atoms with Crippen molar-refractivity contribution in [1.82, 2.24) is 15.2 Å². The number of nitrogens with zero attached hydrogens (tertiary/aromatic N) is 2. The zero-order valence-electron chi connectivity index (χ0n) is 15.7. The first-order valence-corrected chi connectivity index (χ1v) is 10.6. The summed E-state index contributed by atoms with van der Waals surface area (Å²) in [4.78, 5) is 19.3. The van der Waals surface area contributed by atoms with Crippen molar-refractivity contribution in [3.05, 3.63) is 64.9 Å². The highest BCUT2D eigenvalue weighted by atomic mass is 32.1. The fourth-order valence-corrected chi connectivity index (χ4v) is 4.86. The number of para-hydroxylation sites is 1. The second-order valence-corrected chi connectivity index (χ2v) is 8.35. The highest BCUT2D eigenvalue weighted by Gasteiger charge is 2.25. The van der Waals surface area contributed by atoms with E-state index in [1.807, 2.05) is 18.2 Å². The molecular weight excluding hydrogens is 373 g/mol. The number of amides is 1. The molecule has 2 heterocycles. The lowest BCUT2D eigenvalue weighted by molar-refractivity contribution is -0.122. The molecule has 4 rings (SSSR count). The van der Waals surface area contributed by atoms with E-state index in [4.69, 9.17) is 4.98 Å². The molecular formula is C22H24FN3OS. The van der Waals surface area contributed by atoms with Crippen molar-refractivity contribution < 1.29 is 9.18 Å². The number of halogens is 1. The summed E-state index contributed by atoms with van der Waals surface area (Å²) in [5.41, 5.74) is 1.70. The second-order valence-electron chi connectivity index (χ2n) is 7.29. The van der Waals surface area contributed by atoms with Crippen molar-refractivity contribution in [2.24, 2.45) is 0 Å². The first-order chi connectivity index (χ1) is 13.7. The normalized spacial score (nSPS) is 17.7. The average molecular weight is 398 g/mol. The first-order valence-electron chi connectivity index (χ1n) is 9.77. The zero-order chi connectivity index (χ0) is 19.3. The van der Waals surface area contributed by atoms with E-state index in [9.17, 15) is 9.18 Å². The lowest BCUT2D eigenvalue weighted by Gasteiger charge is -2.31. The summed E-state index contributed by atoms with van der Waals surface area (Å²) in [6.45, 7) is 2.64. The van der Waals surface area contributed by atoms with E-state index in [2.05, 4.69) is 22.3 Å². The van der Waals surface area contributed by atoms with Crippen molar-refractivity contribution in [3.8, 4) is 0 Å². The molecule has 0 bridgehead atoms. The molecule has 1 amide bonds. The summed E-state index contributed by atoms with van der Waals surface area (Å²) in [6, 6.07) is 14.9. The predicted octanol–water partition coefficient (Wildman–Crippen LogP) is 3.97. The molecule has 1 fully saturated rings. The molecule has 2 aromatic carbocycles. The number of hydrogen-bond donors (Lipinski definition) is 1. The van der Waals surface area contributed by atoms with Gasteiger partial charge < -0.3 is 5.32 Å². The Balaban J connectivity index is 1.28. The fourth-order valence-electron chi connectivity index (χ4n) is 3.76. The van der Waals surface area contributed by atoms with Crippen LogP contribution in [0.1, 0.15) is 29.3 Å². The lowest BCUT2D eigenvalue weighted by atomic mass is 9.99. The number of piperidine rings is 1. The Labute approximate surface area is 168 Å². The molecule has 0 radical (unpaired) electrons. The van der Waals surface area contributed by atoms with Gasteiger partial charge in [-0.15, -0.1) is 11.3 Å². The SMILES string of the molecule is O=C(CN1CCC[C@@H](c2nc3ccccc3s2)C1)NCCc1ccccc1F. The van der Waals surface area contributed by atoms with Gasteiger partial charge in [-0.2, -0.15) is 0 Å². The van der Waals surface area contributed by atoms with Gasteiger partial charge in [-0.3, -0.25) is 9.69 Å². The van der Waals surface area contributed by atoms with Crippen LogP contribution in [0.5, 0.6) is 0 Å². The van der Waals surface area contributed by atoms with E-state index >= 15 is 0 Å². The second kappa shape index (κ2) is 8.80. The van der Waals surface area contributed by atoms with Crippen LogP contribution < -0.4 is 5.32 Å². The molecule has 0 spiro atoms. The number of benzene rings is 2. The van der Waals surface area contributed by atoms with Crippen LogP contribution >= 0.6 is 11.3 Å². The molecule has 1 aliphatic heterocycles. The Bertz CT molecular complexity index is 925. The van der Waals surface area contributed by atoms with Crippen molar-refractivity contribution >= 4 is 27.5 Å². The quantitative estimate of drug-likeness (QED) is 0.684. The molecule has 1 N–H and O–H groups in total. The van der Waals surface area contributed by atoms with Crippen LogP contribution in [0, 0.1) is 5.82 Å². The van der Waals surface area contributed by atoms with Gasteiger partial charge in [-0.1, -0.05) is 30.3 Å². The van der Waals surface area contributed by atoms with E-state index in [-0.39, 0.29) is 11.7 Å². The minimum absolute atomic E-state index is 0.00119. The number of aromatic nitrogens is 1. The maximum absolute atomic E-state index is 13.6. The van der Waals surface area contributed by atoms with E-state index < -0.39 is 0 Å². The largest absolute Gasteiger partial charge is 0.355 e. The summed E-state index contributed by atoms with van der Waals surface area (Å²) in [6.07, 6.45) is 2.70. The van der Waals surface area contributed by atoms with Gasteiger partial charge in [0.15, 0.2) is 0 Å². The monoisotopic (exact) mass is 397 g/mol. The van der Waals surface area contributed by atoms with Crippen LogP contribution in [0.15, 0.2) is 48.5 Å².